The maximum absolute atomic E-state index is 14.1. The number of aryl methyl sites for hydroxylation is 2. The normalized spacial score (nSPS) is 14.7. The smallest absolute Gasteiger partial charge is 0.408 e. The van der Waals surface area contributed by atoms with E-state index in [4.69, 9.17) is 4.74 Å². The summed E-state index contributed by atoms with van der Waals surface area (Å²) in [5.41, 5.74) is 2.03. The lowest BCUT2D eigenvalue weighted by atomic mass is 9.93. The lowest BCUT2D eigenvalue weighted by molar-refractivity contribution is -0.143. The molecule has 0 radical (unpaired) electrons. The van der Waals surface area contributed by atoms with Gasteiger partial charge in [-0.1, -0.05) is 63.5 Å². The van der Waals surface area contributed by atoms with Crippen LogP contribution in [-0.4, -0.2) is 47.0 Å². The van der Waals surface area contributed by atoms with Crippen molar-refractivity contribution in [1.82, 2.24) is 15.5 Å². The second-order valence-corrected chi connectivity index (χ2v) is 10.7. The molecule has 7 nitrogen and oxygen atoms in total. The average molecular weight is 502 g/mol. The van der Waals surface area contributed by atoms with Gasteiger partial charge in [-0.05, 0) is 65.0 Å². The van der Waals surface area contributed by atoms with Crippen molar-refractivity contribution in [2.24, 2.45) is 5.92 Å². The Labute approximate surface area is 218 Å². The molecular weight excluding hydrogens is 454 g/mol. The summed E-state index contributed by atoms with van der Waals surface area (Å²) in [6.45, 7) is 21.1. The second-order valence-electron chi connectivity index (χ2n) is 10.7. The zero-order valence-electron chi connectivity index (χ0n) is 23.7. The number of hydrogen-bond donors (Lipinski definition) is 2. The predicted octanol–water partition coefficient (Wildman–Crippen LogP) is 5.60. The molecule has 36 heavy (non-hydrogen) atoms. The van der Waals surface area contributed by atoms with E-state index in [0.717, 1.165) is 29.5 Å². The predicted molar refractivity (Wildman–Crippen MR) is 146 cm³/mol. The minimum Gasteiger partial charge on any atom is -0.444 e. The standard InChI is InChI=1S/C29H47N3O4/c1-11-14-22(7)30-26(33)25(23-16-15-19(4)18-21(23)6)32(17-12-2)27(34)24(20(5)13-3)31-28(35)36-29(8,9)10/h12,15-16,18,20,22,24-25H,2,11,13-14,17H2,1,3-10H3,(H,30,33)(H,31,35). The molecule has 3 amide bonds. The van der Waals surface area contributed by atoms with Gasteiger partial charge in [0.15, 0.2) is 0 Å². The van der Waals surface area contributed by atoms with Gasteiger partial charge in [0.1, 0.15) is 17.7 Å². The van der Waals surface area contributed by atoms with Crippen LogP contribution in [0.15, 0.2) is 30.9 Å². The summed E-state index contributed by atoms with van der Waals surface area (Å²) in [7, 11) is 0. The number of rotatable bonds is 12. The third-order valence-corrected chi connectivity index (χ3v) is 6.15. The van der Waals surface area contributed by atoms with Gasteiger partial charge in [0.25, 0.3) is 0 Å². The van der Waals surface area contributed by atoms with Crippen LogP contribution < -0.4 is 10.6 Å². The molecule has 0 aliphatic heterocycles. The lowest BCUT2D eigenvalue weighted by Gasteiger charge is -2.36. The van der Waals surface area contributed by atoms with E-state index in [1.165, 1.54) is 4.90 Å². The van der Waals surface area contributed by atoms with Crippen LogP contribution in [0.3, 0.4) is 0 Å². The fourth-order valence-corrected chi connectivity index (χ4v) is 4.17. The number of ether oxygens (including phenoxy) is 1. The van der Waals surface area contributed by atoms with Crippen LogP contribution in [0.25, 0.3) is 0 Å². The molecule has 0 saturated heterocycles. The summed E-state index contributed by atoms with van der Waals surface area (Å²) in [5, 5.41) is 5.86. The highest BCUT2D eigenvalue weighted by atomic mass is 16.6. The van der Waals surface area contributed by atoms with E-state index in [9.17, 15) is 14.4 Å². The number of hydrogen-bond acceptors (Lipinski definition) is 4. The summed E-state index contributed by atoms with van der Waals surface area (Å²) in [4.78, 5) is 42.0. The number of carbonyl (C=O) groups is 3. The fraction of sp³-hybridized carbons (Fsp3) is 0.621. The molecule has 1 rings (SSSR count). The zero-order chi connectivity index (χ0) is 27.6. The minimum absolute atomic E-state index is 0.0401. The maximum atomic E-state index is 14.1. The van der Waals surface area contributed by atoms with Crippen LogP contribution in [0.1, 0.15) is 90.5 Å². The van der Waals surface area contributed by atoms with Gasteiger partial charge in [-0.3, -0.25) is 9.59 Å². The van der Waals surface area contributed by atoms with Crippen LogP contribution in [0.4, 0.5) is 4.79 Å². The Morgan fingerprint density at radius 1 is 1.11 bits per heavy atom. The van der Waals surface area contributed by atoms with Gasteiger partial charge in [-0.2, -0.15) is 0 Å². The third kappa shape index (κ3) is 9.32. The van der Waals surface area contributed by atoms with E-state index < -0.39 is 23.8 Å². The topological polar surface area (TPSA) is 87.7 Å². The molecule has 0 aliphatic carbocycles. The number of alkyl carbamates (subject to hydrolysis) is 1. The Hall–Kier alpha value is -2.83. The van der Waals surface area contributed by atoms with Gasteiger partial charge in [0.05, 0.1) is 0 Å². The van der Waals surface area contributed by atoms with Crippen molar-refractivity contribution in [2.45, 2.75) is 105 Å². The quantitative estimate of drug-likeness (QED) is 0.365. The van der Waals surface area contributed by atoms with Gasteiger partial charge in [-0.25, -0.2) is 4.79 Å². The highest BCUT2D eigenvalue weighted by Gasteiger charge is 2.38. The molecule has 4 unspecified atom stereocenters. The van der Waals surface area contributed by atoms with Crippen LogP contribution in [0, 0.1) is 19.8 Å². The first-order valence-electron chi connectivity index (χ1n) is 13.0. The summed E-state index contributed by atoms with van der Waals surface area (Å²) in [5.74, 6) is -0.782. The third-order valence-electron chi connectivity index (χ3n) is 6.15. The molecule has 1 aromatic rings. The molecule has 0 spiro atoms. The fourth-order valence-electron chi connectivity index (χ4n) is 4.17. The molecular formula is C29H47N3O4. The van der Waals surface area contributed by atoms with Crippen molar-refractivity contribution in [1.29, 1.82) is 0 Å². The molecule has 0 aliphatic rings. The van der Waals surface area contributed by atoms with Gasteiger partial charge >= 0.3 is 6.09 Å². The largest absolute Gasteiger partial charge is 0.444 e. The molecule has 0 bridgehead atoms. The van der Waals surface area contributed by atoms with Crippen molar-refractivity contribution in [2.75, 3.05) is 6.54 Å². The Bertz CT molecular complexity index is 906. The average Bonchev–Trinajstić information content (AvgIpc) is 2.76. The minimum atomic E-state index is -0.873. The van der Waals surface area contributed by atoms with Gasteiger partial charge < -0.3 is 20.3 Å². The molecule has 2 N–H and O–H groups in total. The highest BCUT2D eigenvalue weighted by molar-refractivity contribution is 5.92. The maximum Gasteiger partial charge on any atom is 0.408 e. The van der Waals surface area contributed by atoms with E-state index in [2.05, 4.69) is 24.1 Å². The Morgan fingerprint density at radius 3 is 2.25 bits per heavy atom. The highest BCUT2D eigenvalue weighted by Crippen LogP contribution is 2.28. The van der Waals surface area contributed by atoms with E-state index in [1.807, 2.05) is 52.8 Å². The number of nitrogens with zero attached hydrogens (tertiary/aromatic N) is 1. The number of amides is 3. The molecule has 4 atom stereocenters. The number of carbonyl (C=O) groups excluding carboxylic acids is 3. The summed E-state index contributed by atoms with van der Waals surface area (Å²) < 4.78 is 5.44. The second kappa shape index (κ2) is 14.0. The molecule has 0 saturated carbocycles. The Morgan fingerprint density at radius 2 is 1.75 bits per heavy atom. The van der Waals surface area contributed by atoms with Crippen LogP contribution in [0.5, 0.6) is 0 Å². The van der Waals surface area contributed by atoms with E-state index in [1.54, 1.807) is 26.8 Å². The zero-order valence-corrected chi connectivity index (χ0v) is 23.7. The Balaban J connectivity index is 3.54. The molecule has 7 heteroatoms. The van der Waals surface area contributed by atoms with Gasteiger partial charge in [0, 0.05) is 12.6 Å². The first kappa shape index (κ1) is 31.2. The molecule has 0 aromatic heterocycles. The molecule has 0 fully saturated rings. The molecule has 1 aromatic carbocycles. The first-order chi connectivity index (χ1) is 16.7. The Kier molecular flexibility index (Phi) is 12.2. The number of benzene rings is 1. The summed E-state index contributed by atoms with van der Waals surface area (Å²) >= 11 is 0. The monoisotopic (exact) mass is 501 g/mol. The van der Waals surface area contributed by atoms with Crippen LogP contribution >= 0.6 is 0 Å². The van der Waals surface area contributed by atoms with Crippen molar-refractivity contribution in [3.8, 4) is 0 Å². The van der Waals surface area contributed by atoms with E-state index in [0.29, 0.717) is 6.42 Å². The van der Waals surface area contributed by atoms with Crippen molar-refractivity contribution < 1.29 is 19.1 Å². The number of nitrogens with one attached hydrogen (secondary N) is 2. The van der Waals surface area contributed by atoms with Crippen LogP contribution in [-0.2, 0) is 14.3 Å². The van der Waals surface area contributed by atoms with Gasteiger partial charge in [-0.15, -0.1) is 6.58 Å². The SMILES string of the molecule is C=CCN(C(=O)C(NC(=O)OC(C)(C)C)C(C)CC)C(C(=O)NC(C)CCC)c1ccc(C)cc1C. The van der Waals surface area contributed by atoms with Crippen molar-refractivity contribution >= 4 is 17.9 Å². The molecule has 0 heterocycles. The summed E-state index contributed by atoms with van der Waals surface area (Å²) in [6.07, 6.45) is 3.36. The van der Waals surface area contributed by atoms with E-state index >= 15 is 0 Å². The van der Waals surface area contributed by atoms with Gasteiger partial charge in [0.2, 0.25) is 11.8 Å². The first-order valence-corrected chi connectivity index (χ1v) is 13.0. The van der Waals surface area contributed by atoms with Crippen LogP contribution in [0.2, 0.25) is 0 Å². The lowest BCUT2D eigenvalue weighted by Crippen LogP contribution is -2.55. The van der Waals surface area contributed by atoms with Crippen molar-refractivity contribution in [3.63, 3.8) is 0 Å². The summed E-state index contributed by atoms with van der Waals surface area (Å²) in [6, 6.07) is 4.08. The van der Waals surface area contributed by atoms with E-state index in [-0.39, 0.29) is 30.3 Å². The molecule has 202 valence electrons. The van der Waals surface area contributed by atoms with Crippen molar-refractivity contribution in [3.05, 3.63) is 47.5 Å².